The number of halogens is 1. The summed E-state index contributed by atoms with van der Waals surface area (Å²) in [5.74, 6) is 0.508. The molecule has 172 valence electrons. The highest BCUT2D eigenvalue weighted by atomic mass is 32.1. The van der Waals surface area contributed by atoms with E-state index >= 15 is 0 Å². The summed E-state index contributed by atoms with van der Waals surface area (Å²) in [7, 11) is 0. The maximum Gasteiger partial charge on any atom is 0.174 e. The molecule has 3 heterocycles. The van der Waals surface area contributed by atoms with Crippen molar-refractivity contribution in [2.24, 2.45) is 0 Å². The second-order valence-corrected chi connectivity index (χ2v) is 8.80. The van der Waals surface area contributed by atoms with Crippen LogP contribution in [0.3, 0.4) is 0 Å². The van der Waals surface area contributed by atoms with Crippen LogP contribution in [-0.4, -0.2) is 20.8 Å². The highest BCUT2D eigenvalue weighted by Crippen LogP contribution is 2.42. The molecule has 5 rings (SSSR count). The lowest BCUT2D eigenvalue weighted by atomic mass is 10.0. The number of para-hydroxylation sites is 1. The summed E-state index contributed by atoms with van der Waals surface area (Å²) < 4.78 is 22.5. The predicted molar refractivity (Wildman–Crippen MR) is 136 cm³/mol. The van der Waals surface area contributed by atoms with Gasteiger partial charge in [0.1, 0.15) is 17.6 Å². The Morgan fingerprint density at radius 1 is 0.971 bits per heavy atom. The summed E-state index contributed by atoms with van der Waals surface area (Å²) in [4.78, 5) is 6.67. The van der Waals surface area contributed by atoms with Gasteiger partial charge in [-0.15, -0.1) is 0 Å². The molecule has 5 nitrogen and oxygen atoms in total. The van der Waals surface area contributed by atoms with Gasteiger partial charge in [0.25, 0.3) is 0 Å². The summed E-state index contributed by atoms with van der Waals surface area (Å²) in [6.07, 6.45) is 3.74. The first-order chi connectivity index (χ1) is 16.5. The van der Waals surface area contributed by atoms with Crippen molar-refractivity contribution in [3.05, 3.63) is 108 Å². The molecule has 0 saturated carbocycles. The lowest BCUT2D eigenvalue weighted by Gasteiger charge is -2.29. The van der Waals surface area contributed by atoms with Crippen LogP contribution in [0.5, 0.6) is 5.75 Å². The molecule has 2 aromatic carbocycles. The summed E-state index contributed by atoms with van der Waals surface area (Å²) in [5, 5.41) is 4.04. The summed E-state index contributed by atoms with van der Waals surface area (Å²) in [5.41, 5.74) is 3.16. The summed E-state index contributed by atoms with van der Waals surface area (Å²) in [6, 6.07) is 23.9. The Morgan fingerprint density at radius 2 is 1.74 bits per heavy atom. The van der Waals surface area contributed by atoms with Crippen LogP contribution in [0.2, 0.25) is 0 Å². The first-order valence-electron chi connectivity index (χ1n) is 11.2. The number of nitrogens with one attached hydrogen (secondary N) is 1. The Kier molecular flexibility index (Phi) is 6.02. The number of ether oxygens (including phenoxy) is 1. The fourth-order valence-corrected chi connectivity index (χ4v) is 4.74. The van der Waals surface area contributed by atoms with Gasteiger partial charge in [-0.3, -0.25) is 4.98 Å². The van der Waals surface area contributed by atoms with Crippen molar-refractivity contribution in [1.82, 2.24) is 14.9 Å². The van der Waals surface area contributed by atoms with Crippen molar-refractivity contribution >= 4 is 23.0 Å². The third-order valence-corrected chi connectivity index (χ3v) is 6.09. The van der Waals surface area contributed by atoms with Crippen LogP contribution >= 0.6 is 12.2 Å². The van der Waals surface area contributed by atoms with Crippen molar-refractivity contribution in [1.29, 1.82) is 0 Å². The van der Waals surface area contributed by atoms with E-state index in [1.165, 1.54) is 6.07 Å². The molecule has 1 aliphatic rings. The van der Waals surface area contributed by atoms with E-state index in [9.17, 15) is 4.39 Å². The second kappa shape index (κ2) is 9.27. The lowest BCUT2D eigenvalue weighted by Crippen LogP contribution is -2.30. The van der Waals surface area contributed by atoms with Gasteiger partial charge in [0, 0.05) is 23.8 Å². The number of nitrogens with zero attached hydrogens (tertiary/aromatic N) is 3. The lowest BCUT2D eigenvalue weighted by molar-refractivity contribution is 0.242. The first kappa shape index (κ1) is 22.1. The molecule has 0 amide bonds. The molecule has 7 heteroatoms. The molecule has 2 aromatic heterocycles. The van der Waals surface area contributed by atoms with Gasteiger partial charge >= 0.3 is 0 Å². The Labute approximate surface area is 203 Å². The van der Waals surface area contributed by atoms with E-state index < -0.39 is 0 Å². The molecule has 1 N–H and O–H groups in total. The molecule has 0 unspecified atom stereocenters. The minimum atomic E-state index is -0.287. The zero-order chi connectivity index (χ0) is 23.7. The van der Waals surface area contributed by atoms with Gasteiger partial charge < -0.3 is 19.5 Å². The summed E-state index contributed by atoms with van der Waals surface area (Å²) >= 11 is 5.81. The average molecular weight is 473 g/mol. The number of anilines is 1. The molecule has 1 aliphatic heterocycles. The molecule has 0 radical (unpaired) electrons. The number of pyridine rings is 1. The Hall–Kier alpha value is -3.71. The van der Waals surface area contributed by atoms with Crippen LogP contribution < -0.4 is 15.0 Å². The van der Waals surface area contributed by atoms with Crippen LogP contribution in [0.25, 0.3) is 5.69 Å². The van der Waals surface area contributed by atoms with E-state index in [-0.39, 0.29) is 24.0 Å². The fourth-order valence-electron chi connectivity index (χ4n) is 4.39. The van der Waals surface area contributed by atoms with Gasteiger partial charge in [-0.25, -0.2) is 4.39 Å². The number of thiocarbonyl (C=S) groups is 1. The average Bonchev–Trinajstić information content (AvgIpc) is 3.44. The van der Waals surface area contributed by atoms with Crippen LogP contribution in [0, 0.1) is 5.82 Å². The predicted octanol–water partition coefficient (Wildman–Crippen LogP) is 5.98. The zero-order valence-corrected chi connectivity index (χ0v) is 19.7. The number of benzene rings is 2. The number of rotatable bonds is 6. The van der Waals surface area contributed by atoms with Crippen molar-refractivity contribution in [3.8, 4) is 11.4 Å². The van der Waals surface area contributed by atoms with Gasteiger partial charge in [0.2, 0.25) is 0 Å². The van der Waals surface area contributed by atoms with Gasteiger partial charge in [-0.2, -0.15) is 0 Å². The molecule has 1 saturated heterocycles. The van der Waals surface area contributed by atoms with Crippen LogP contribution in [0.15, 0.2) is 91.3 Å². The van der Waals surface area contributed by atoms with Crippen molar-refractivity contribution < 1.29 is 9.13 Å². The number of aromatic nitrogens is 2. The van der Waals surface area contributed by atoms with Gasteiger partial charge in [-0.05, 0) is 86.7 Å². The molecule has 1 fully saturated rings. The molecule has 0 bridgehead atoms. The molecule has 4 aromatic rings. The summed E-state index contributed by atoms with van der Waals surface area (Å²) in [6.45, 7) is 4.00. The van der Waals surface area contributed by atoms with Gasteiger partial charge in [0.05, 0.1) is 23.5 Å². The van der Waals surface area contributed by atoms with Gasteiger partial charge in [-0.1, -0.05) is 18.2 Å². The highest BCUT2D eigenvalue weighted by molar-refractivity contribution is 7.80. The van der Waals surface area contributed by atoms with E-state index in [1.54, 1.807) is 18.3 Å². The smallest absolute Gasteiger partial charge is 0.174 e. The van der Waals surface area contributed by atoms with Crippen molar-refractivity contribution in [2.45, 2.75) is 32.0 Å². The molecule has 34 heavy (non-hydrogen) atoms. The third kappa shape index (κ3) is 4.15. The van der Waals surface area contributed by atoms with E-state index in [0.717, 1.165) is 22.8 Å². The maximum atomic E-state index is 14.8. The van der Waals surface area contributed by atoms with Crippen LogP contribution in [0.1, 0.15) is 37.3 Å². The Balaban J connectivity index is 1.62. The van der Waals surface area contributed by atoms with E-state index in [1.807, 2.05) is 85.3 Å². The van der Waals surface area contributed by atoms with E-state index in [4.69, 9.17) is 17.0 Å². The Morgan fingerprint density at radius 3 is 2.44 bits per heavy atom. The first-order valence-corrected chi connectivity index (χ1v) is 11.6. The normalized spacial score (nSPS) is 17.8. The largest absolute Gasteiger partial charge is 0.491 e. The molecule has 0 aliphatic carbocycles. The molecule has 0 spiro atoms. The zero-order valence-electron chi connectivity index (χ0n) is 18.9. The van der Waals surface area contributed by atoms with Crippen molar-refractivity contribution in [2.75, 3.05) is 4.90 Å². The molecule has 2 atom stereocenters. The topological polar surface area (TPSA) is 42.3 Å². The standard InChI is InChI=1S/C27H25FN4OS/c1-18(2)33-20-14-12-19(13-15-20)32-26(25(30-27(32)34)22-9-5-6-16-29-22)24-11-7-17-31(24)23-10-4-3-8-21(23)28/h3-18,25-26H,1-2H3,(H,30,34)/t25-,26-/m1/s1. The second-order valence-electron chi connectivity index (χ2n) is 8.41. The monoisotopic (exact) mass is 472 g/mol. The number of hydrogen-bond donors (Lipinski definition) is 1. The van der Waals surface area contributed by atoms with E-state index in [2.05, 4.69) is 15.2 Å². The maximum absolute atomic E-state index is 14.8. The highest BCUT2D eigenvalue weighted by Gasteiger charge is 2.42. The van der Waals surface area contributed by atoms with E-state index in [0.29, 0.717) is 10.8 Å². The number of hydrogen-bond acceptors (Lipinski definition) is 3. The van der Waals surface area contributed by atoms with Crippen molar-refractivity contribution in [3.63, 3.8) is 0 Å². The minimum absolute atomic E-state index is 0.0886. The third-order valence-electron chi connectivity index (χ3n) is 5.78. The quantitative estimate of drug-likeness (QED) is 0.350. The van der Waals surface area contributed by atoms with Gasteiger partial charge in [0.15, 0.2) is 5.11 Å². The molecular weight excluding hydrogens is 447 g/mol. The minimum Gasteiger partial charge on any atom is -0.491 e. The van der Waals surface area contributed by atoms with Crippen LogP contribution in [0.4, 0.5) is 10.1 Å². The fraction of sp³-hybridized carbons (Fsp3) is 0.185. The Bertz CT molecular complexity index is 1290. The van der Waals surface area contributed by atoms with Crippen LogP contribution in [-0.2, 0) is 0 Å². The molecular formula is C27H25FN4OS. The SMILES string of the molecule is CC(C)Oc1ccc(N2C(=S)N[C@H](c3ccccn3)[C@H]2c2cccn2-c2ccccc2F)cc1.